The number of rotatable bonds is 3. The maximum absolute atomic E-state index is 5.80. The molecule has 3 fully saturated rings. The van der Waals surface area contributed by atoms with Gasteiger partial charge in [0, 0.05) is 12.6 Å². The lowest BCUT2D eigenvalue weighted by atomic mass is 9.95. The molecule has 0 radical (unpaired) electrons. The van der Waals surface area contributed by atoms with Gasteiger partial charge in [-0.3, -0.25) is 0 Å². The molecule has 4 atom stereocenters. The molecular weight excluding hydrogens is 202 g/mol. The first kappa shape index (κ1) is 11.0. The summed E-state index contributed by atoms with van der Waals surface area (Å²) in [6.45, 7) is 5.67. The van der Waals surface area contributed by atoms with Crippen LogP contribution in [0.4, 0.5) is 0 Å². The average molecular weight is 225 g/mol. The lowest BCUT2D eigenvalue weighted by Gasteiger charge is -2.24. The van der Waals surface area contributed by atoms with Gasteiger partial charge in [-0.05, 0) is 44.9 Å². The molecule has 0 aromatic heterocycles. The molecule has 2 saturated carbocycles. The summed E-state index contributed by atoms with van der Waals surface area (Å²) in [6, 6.07) is 0.756. The van der Waals surface area contributed by atoms with Gasteiger partial charge in [0.25, 0.3) is 0 Å². The fourth-order valence-corrected chi connectivity index (χ4v) is 3.64. The van der Waals surface area contributed by atoms with Crippen LogP contribution in [0.5, 0.6) is 0 Å². The van der Waals surface area contributed by atoms with E-state index in [0.29, 0.717) is 0 Å². The molecule has 2 bridgehead atoms. The minimum absolute atomic E-state index is 0.245. The number of fused-ring (bicyclic) bond motifs is 2. The lowest BCUT2D eigenvalue weighted by Crippen LogP contribution is -2.40. The van der Waals surface area contributed by atoms with Gasteiger partial charge < -0.3 is 14.8 Å². The van der Waals surface area contributed by atoms with E-state index in [9.17, 15) is 0 Å². The normalized spacial score (nSPS) is 45.4. The molecule has 0 spiro atoms. The lowest BCUT2D eigenvalue weighted by molar-refractivity contribution is -0.138. The molecule has 1 aliphatic heterocycles. The Hall–Kier alpha value is -0.120. The molecule has 2 aliphatic carbocycles. The zero-order valence-corrected chi connectivity index (χ0v) is 10.4. The van der Waals surface area contributed by atoms with Crippen molar-refractivity contribution >= 4 is 0 Å². The van der Waals surface area contributed by atoms with Crippen molar-refractivity contribution in [2.45, 2.75) is 57.5 Å². The highest BCUT2D eigenvalue weighted by molar-refractivity contribution is 4.94. The summed E-state index contributed by atoms with van der Waals surface area (Å²) in [5.74, 6) is 1.58. The van der Waals surface area contributed by atoms with Crippen molar-refractivity contribution in [1.29, 1.82) is 0 Å². The van der Waals surface area contributed by atoms with E-state index < -0.39 is 0 Å². The first-order chi connectivity index (χ1) is 7.62. The third-order valence-corrected chi connectivity index (χ3v) is 4.41. The molecule has 1 saturated heterocycles. The summed E-state index contributed by atoms with van der Waals surface area (Å²) in [6.07, 6.45) is 6.01. The summed E-state index contributed by atoms with van der Waals surface area (Å²) in [5.41, 5.74) is 0. The molecule has 1 N–H and O–H groups in total. The van der Waals surface area contributed by atoms with Crippen molar-refractivity contribution in [3.63, 3.8) is 0 Å². The van der Waals surface area contributed by atoms with Gasteiger partial charge in [-0.15, -0.1) is 0 Å². The largest absolute Gasteiger partial charge is 0.348 e. The summed E-state index contributed by atoms with van der Waals surface area (Å²) >= 11 is 0. The van der Waals surface area contributed by atoms with Gasteiger partial charge in [-0.1, -0.05) is 6.42 Å². The van der Waals surface area contributed by atoms with E-state index in [2.05, 4.69) is 5.32 Å². The standard InChI is InChI=1S/C13H23NO2/c1-13(2)15-8-11(16-13)7-14-12-6-9-3-4-10(12)5-9/h9-12,14H,3-8H2,1-2H3. The second-order valence-corrected chi connectivity index (χ2v) is 6.14. The van der Waals surface area contributed by atoms with E-state index in [1.807, 2.05) is 13.8 Å². The van der Waals surface area contributed by atoms with Crippen LogP contribution in [-0.4, -0.2) is 31.1 Å². The first-order valence-electron chi connectivity index (χ1n) is 6.67. The van der Waals surface area contributed by atoms with E-state index in [4.69, 9.17) is 9.47 Å². The minimum atomic E-state index is -0.374. The van der Waals surface area contributed by atoms with E-state index in [1.165, 1.54) is 25.7 Å². The average Bonchev–Trinajstić information content (AvgIpc) is 2.89. The third-order valence-electron chi connectivity index (χ3n) is 4.41. The van der Waals surface area contributed by atoms with Crippen molar-refractivity contribution in [2.24, 2.45) is 11.8 Å². The summed E-state index contributed by atoms with van der Waals surface area (Å²) in [7, 11) is 0. The van der Waals surface area contributed by atoms with Crippen LogP contribution in [0.1, 0.15) is 39.5 Å². The van der Waals surface area contributed by atoms with Crippen molar-refractivity contribution < 1.29 is 9.47 Å². The fourth-order valence-electron chi connectivity index (χ4n) is 3.64. The number of ether oxygens (including phenoxy) is 2. The summed E-state index contributed by atoms with van der Waals surface area (Å²) < 4.78 is 11.4. The van der Waals surface area contributed by atoms with Gasteiger partial charge in [0.15, 0.2) is 5.79 Å². The Bertz CT molecular complexity index is 267. The molecule has 4 unspecified atom stereocenters. The molecule has 1 heterocycles. The van der Waals surface area contributed by atoms with E-state index in [0.717, 1.165) is 31.0 Å². The van der Waals surface area contributed by atoms with Gasteiger partial charge in [-0.25, -0.2) is 0 Å². The highest BCUT2D eigenvalue weighted by atomic mass is 16.7. The van der Waals surface area contributed by atoms with Crippen molar-refractivity contribution in [3.8, 4) is 0 Å². The molecule has 0 aromatic rings. The molecule has 16 heavy (non-hydrogen) atoms. The van der Waals surface area contributed by atoms with Crippen molar-refractivity contribution in [1.82, 2.24) is 5.32 Å². The maximum atomic E-state index is 5.80. The number of hydrogen-bond acceptors (Lipinski definition) is 3. The van der Waals surface area contributed by atoms with E-state index in [-0.39, 0.29) is 11.9 Å². The van der Waals surface area contributed by atoms with Gasteiger partial charge in [0.2, 0.25) is 0 Å². The van der Waals surface area contributed by atoms with Crippen LogP contribution >= 0.6 is 0 Å². The van der Waals surface area contributed by atoms with Gasteiger partial charge in [0.1, 0.15) is 0 Å². The Morgan fingerprint density at radius 2 is 2.12 bits per heavy atom. The SMILES string of the molecule is CC1(C)OCC(CNC2CC3CCC2C3)O1. The molecule has 3 heteroatoms. The topological polar surface area (TPSA) is 30.5 Å². The van der Waals surface area contributed by atoms with Crippen molar-refractivity contribution in [3.05, 3.63) is 0 Å². The van der Waals surface area contributed by atoms with Crippen LogP contribution in [0.3, 0.4) is 0 Å². The van der Waals surface area contributed by atoms with Crippen LogP contribution < -0.4 is 5.32 Å². The molecule has 0 aromatic carbocycles. The highest BCUT2D eigenvalue weighted by Gasteiger charge is 2.40. The second kappa shape index (κ2) is 3.97. The molecule has 3 aliphatic rings. The number of hydrogen-bond donors (Lipinski definition) is 1. The molecule has 92 valence electrons. The molecule has 0 amide bonds. The summed E-state index contributed by atoms with van der Waals surface area (Å²) in [5, 5.41) is 3.69. The predicted molar refractivity (Wildman–Crippen MR) is 62.1 cm³/mol. The van der Waals surface area contributed by atoms with Crippen LogP contribution in [-0.2, 0) is 9.47 Å². The molecule has 3 nitrogen and oxygen atoms in total. The molecular formula is C13H23NO2. The number of nitrogens with one attached hydrogen (secondary N) is 1. The van der Waals surface area contributed by atoms with Crippen LogP contribution in [0, 0.1) is 11.8 Å². The monoisotopic (exact) mass is 225 g/mol. The third kappa shape index (κ3) is 2.13. The minimum Gasteiger partial charge on any atom is -0.348 e. The van der Waals surface area contributed by atoms with Crippen molar-refractivity contribution in [2.75, 3.05) is 13.2 Å². The van der Waals surface area contributed by atoms with E-state index in [1.54, 1.807) is 0 Å². The maximum Gasteiger partial charge on any atom is 0.163 e. The quantitative estimate of drug-likeness (QED) is 0.796. The molecule has 3 rings (SSSR count). The van der Waals surface area contributed by atoms with E-state index >= 15 is 0 Å². The van der Waals surface area contributed by atoms with Gasteiger partial charge in [0.05, 0.1) is 12.7 Å². The second-order valence-electron chi connectivity index (χ2n) is 6.14. The fraction of sp³-hybridized carbons (Fsp3) is 1.00. The van der Waals surface area contributed by atoms with Crippen LogP contribution in [0.2, 0.25) is 0 Å². The van der Waals surface area contributed by atoms with Gasteiger partial charge in [-0.2, -0.15) is 0 Å². The van der Waals surface area contributed by atoms with Gasteiger partial charge >= 0.3 is 0 Å². The Kier molecular flexibility index (Phi) is 2.73. The first-order valence-corrected chi connectivity index (χ1v) is 6.67. The smallest absolute Gasteiger partial charge is 0.163 e. The Labute approximate surface area is 97.9 Å². The van der Waals surface area contributed by atoms with Crippen LogP contribution in [0.15, 0.2) is 0 Å². The zero-order valence-electron chi connectivity index (χ0n) is 10.4. The summed E-state index contributed by atoms with van der Waals surface area (Å²) in [4.78, 5) is 0. The Morgan fingerprint density at radius 1 is 1.25 bits per heavy atom. The zero-order chi connectivity index (χ0) is 11.2. The predicted octanol–water partition coefficient (Wildman–Crippen LogP) is 1.92. The van der Waals surface area contributed by atoms with Crippen LogP contribution in [0.25, 0.3) is 0 Å². The Balaban J connectivity index is 1.44. The highest BCUT2D eigenvalue weighted by Crippen LogP contribution is 2.44. The Morgan fingerprint density at radius 3 is 2.69 bits per heavy atom.